The molecule has 1 N–H and O–H groups in total. The Kier molecular flexibility index (Phi) is 5.93. The van der Waals surface area contributed by atoms with Crippen LogP contribution in [0.4, 0.5) is 10.5 Å². The van der Waals surface area contributed by atoms with E-state index >= 15 is 0 Å². The van der Waals surface area contributed by atoms with Crippen molar-refractivity contribution in [2.45, 2.75) is 11.8 Å². The van der Waals surface area contributed by atoms with Gasteiger partial charge in [-0.15, -0.1) is 0 Å². The Balaban J connectivity index is 1.93. The van der Waals surface area contributed by atoms with Crippen molar-refractivity contribution in [2.75, 3.05) is 17.8 Å². The van der Waals surface area contributed by atoms with Crippen LogP contribution in [0.25, 0.3) is 0 Å². The Bertz CT molecular complexity index is 1130. The van der Waals surface area contributed by atoms with E-state index in [2.05, 4.69) is 5.32 Å². The molecule has 2 aromatic rings. The van der Waals surface area contributed by atoms with Gasteiger partial charge in [0.15, 0.2) is 15.6 Å². The van der Waals surface area contributed by atoms with Gasteiger partial charge in [0.2, 0.25) is 11.8 Å². The summed E-state index contributed by atoms with van der Waals surface area (Å²) in [5, 5.41) is 4.07. The van der Waals surface area contributed by atoms with E-state index in [9.17, 15) is 22.8 Å². The fourth-order valence-electron chi connectivity index (χ4n) is 2.68. The summed E-state index contributed by atoms with van der Waals surface area (Å²) in [6, 6.07) is 7.49. The molecular formula is C18H15Cl2N3O6S. The minimum Gasteiger partial charge on any atom is -0.454 e. The van der Waals surface area contributed by atoms with E-state index in [0.29, 0.717) is 0 Å². The zero-order valence-electron chi connectivity index (χ0n) is 15.7. The molecule has 0 saturated carbocycles. The maximum atomic E-state index is 12.3. The van der Waals surface area contributed by atoms with E-state index in [1.807, 2.05) is 0 Å². The van der Waals surface area contributed by atoms with Gasteiger partial charge in [0, 0.05) is 13.2 Å². The number of ether oxygens (including phenoxy) is 1. The van der Waals surface area contributed by atoms with Gasteiger partial charge < -0.3 is 4.74 Å². The van der Waals surface area contributed by atoms with Crippen LogP contribution < -0.4 is 15.1 Å². The summed E-state index contributed by atoms with van der Waals surface area (Å²) in [5.41, 5.74) is 0.143. The molecule has 0 spiro atoms. The van der Waals surface area contributed by atoms with Gasteiger partial charge in [0.05, 0.1) is 20.6 Å². The molecule has 1 heterocycles. The van der Waals surface area contributed by atoms with Crippen LogP contribution in [-0.2, 0) is 19.4 Å². The van der Waals surface area contributed by atoms with Crippen LogP contribution in [0.2, 0.25) is 10.0 Å². The smallest absolute Gasteiger partial charge is 0.347 e. The highest BCUT2D eigenvalue weighted by atomic mass is 35.5. The van der Waals surface area contributed by atoms with Crippen molar-refractivity contribution in [1.82, 2.24) is 10.3 Å². The van der Waals surface area contributed by atoms with E-state index in [1.54, 1.807) is 0 Å². The molecule has 0 atom stereocenters. The highest BCUT2D eigenvalue weighted by Gasteiger charge is 2.34. The summed E-state index contributed by atoms with van der Waals surface area (Å²) >= 11 is 12.6. The molecule has 1 fully saturated rings. The lowest BCUT2D eigenvalue weighted by atomic mass is 10.2. The molecule has 0 aromatic heterocycles. The molecular weight excluding hydrogens is 457 g/mol. The minimum absolute atomic E-state index is 0.0258. The largest absolute Gasteiger partial charge is 0.454 e. The van der Waals surface area contributed by atoms with Crippen molar-refractivity contribution in [3.8, 4) is 11.5 Å². The van der Waals surface area contributed by atoms with Crippen LogP contribution in [0.15, 0.2) is 41.3 Å². The monoisotopic (exact) mass is 471 g/mol. The van der Waals surface area contributed by atoms with E-state index < -0.39 is 27.7 Å². The number of carbonyl (C=O) groups is 3. The number of rotatable bonds is 4. The molecule has 1 saturated heterocycles. The fraction of sp³-hybridized carbons (Fsp3) is 0.167. The predicted molar refractivity (Wildman–Crippen MR) is 109 cm³/mol. The molecule has 1 aliphatic rings. The molecule has 30 heavy (non-hydrogen) atoms. The molecule has 9 nitrogen and oxygen atoms in total. The number of hydrazine groups is 1. The normalized spacial score (nSPS) is 14.5. The Morgan fingerprint density at radius 2 is 1.67 bits per heavy atom. The molecule has 0 unspecified atom stereocenters. The Morgan fingerprint density at radius 1 is 1.10 bits per heavy atom. The SMILES string of the molecule is CC(=O)N1CC(=O)NC(=O)N1c1cc(Cl)c(Oc2ccc(S(C)(=O)=O)cc2)c(Cl)c1. The second-order valence-corrected chi connectivity index (χ2v) is 9.16. The molecule has 0 aliphatic carbocycles. The van der Waals surface area contributed by atoms with Crippen molar-refractivity contribution in [3.63, 3.8) is 0 Å². The third-order valence-electron chi connectivity index (χ3n) is 4.04. The first-order chi connectivity index (χ1) is 14.0. The molecule has 0 radical (unpaired) electrons. The fourth-order valence-corrected chi connectivity index (χ4v) is 3.86. The molecule has 12 heteroatoms. The van der Waals surface area contributed by atoms with Gasteiger partial charge in [-0.3, -0.25) is 14.9 Å². The van der Waals surface area contributed by atoms with Gasteiger partial charge in [-0.1, -0.05) is 23.2 Å². The van der Waals surface area contributed by atoms with Crippen molar-refractivity contribution in [2.24, 2.45) is 0 Å². The second-order valence-electron chi connectivity index (χ2n) is 6.33. The summed E-state index contributed by atoms with van der Waals surface area (Å²) in [7, 11) is -3.36. The number of amides is 4. The number of halogens is 2. The lowest BCUT2D eigenvalue weighted by Gasteiger charge is -2.37. The van der Waals surface area contributed by atoms with Crippen LogP contribution in [0.3, 0.4) is 0 Å². The number of nitrogens with zero attached hydrogens (tertiary/aromatic N) is 2. The Hall–Kier alpha value is -2.82. The predicted octanol–water partition coefficient (Wildman–Crippen LogP) is 3.01. The Morgan fingerprint density at radius 3 is 2.17 bits per heavy atom. The molecule has 0 bridgehead atoms. The van der Waals surface area contributed by atoms with Crippen LogP contribution in [0.1, 0.15) is 6.92 Å². The van der Waals surface area contributed by atoms with Crippen molar-refractivity contribution < 1.29 is 27.5 Å². The number of benzene rings is 2. The van der Waals surface area contributed by atoms with E-state index in [-0.39, 0.29) is 38.7 Å². The van der Waals surface area contributed by atoms with E-state index in [4.69, 9.17) is 27.9 Å². The number of carbonyl (C=O) groups excluding carboxylic acids is 3. The maximum absolute atomic E-state index is 12.3. The summed E-state index contributed by atoms with van der Waals surface area (Å²) in [6.45, 7) is 0.862. The standard InChI is InChI=1S/C18H15Cl2N3O6S/c1-10(24)22-9-16(25)21-18(26)23(22)11-7-14(19)17(15(20)8-11)29-12-3-5-13(6-4-12)30(2,27)28/h3-8H,9H2,1-2H3,(H,21,25,26). The third-order valence-corrected chi connectivity index (χ3v) is 5.73. The van der Waals surface area contributed by atoms with Gasteiger partial charge in [0.1, 0.15) is 12.3 Å². The van der Waals surface area contributed by atoms with Crippen molar-refractivity contribution >= 4 is 56.6 Å². The third kappa shape index (κ3) is 4.50. The maximum Gasteiger partial charge on any atom is 0.347 e. The number of sulfone groups is 1. The first-order valence-electron chi connectivity index (χ1n) is 8.36. The summed E-state index contributed by atoms with van der Waals surface area (Å²) in [5.74, 6) is -0.805. The lowest BCUT2D eigenvalue weighted by Crippen LogP contribution is -2.62. The number of anilines is 1. The van der Waals surface area contributed by atoms with Crippen LogP contribution in [0.5, 0.6) is 11.5 Å². The molecule has 1 aliphatic heterocycles. The highest BCUT2D eigenvalue weighted by Crippen LogP contribution is 2.40. The topological polar surface area (TPSA) is 113 Å². The minimum atomic E-state index is -3.36. The van der Waals surface area contributed by atoms with Crippen molar-refractivity contribution in [3.05, 3.63) is 46.4 Å². The van der Waals surface area contributed by atoms with Gasteiger partial charge >= 0.3 is 6.03 Å². The number of urea groups is 1. The first kappa shape index (κ1) is 21.9. The molecule has 4 amide bonds. The summed E-state index contributed by atoms with van der Waals surface area (Å²) in [4.78, 5) is 35.8. The quantitative estimate of drug-likeness (QED) is 0.732. The summed E-state index contributed by atoms with van der Waals surface area (Å²) in [6.07, 6.45) is 1.09. The van der Waals surface area contributed by atoms with Gasteiger partial charge in [-0.25, -0.2) is 18.2 Å². The average molecular weight is 472 g/mol. The number of hydrogen-bond donors (Lipinski definition) is 1. The lowest BCUT2D eigenvalue weighted by molar-refractivity contribution is -0.135. The van der Waals surface area contributed by atoms with E-state index in [1.165, 1.54) is 43.3 Å². The van der Waals surface area contributed by atoms with Crippen molar-refractivity contribution in [1.29, 1.82) is 0 Å². The number of nitrogens with one attached hydrogen (secondary N) is 1. The van der Waals surface area contributed by atoms with Gasteiger partial charge in [0.25, 0.3) is 0 Å². The molecule has 2 aromatic carbocycles. The zero-order valence-corrected chi connectivity index (χ0v) is 18.0. The zero-order chi connectivity index (χ0) is 22.2. The van der Waals surface area contributed by atoms with E-state index in [0.717, 1.165) is 16.3 Å². The molecule has 3 rings (SSSR count). The number of imide groups is 1. The number of hydrogen-bond acceptors (Lipinski definition) is 6. The van der Waals surface area contributed by atoms with Crippen LogP contribution in [0, 0.1) is 0 Å². The average Bonchev–Trinajstić information content (AvgIpc) is 2.63. The first-order valence-corrected chi connectivity index (χ1v) is 11.0. The summed E-state index contributed by atoms with van der Waals surface area (Å²) < 4.78 is 28.8. The van der Waals surface area contributed by atoms with Gasteiger partial charge in [-0.05, 0) is 36.4 Å². The Labute approximate surface area is 182 Å². The highest BCUT2D eigenvalue weighted by molar-refractivity contribution is 7.90. The molecule has 158 valence electrons. The second kappa shape index (κ2) is 8.13. The van der Waals surface area contributed by atoms with Gasteiger partial charge in [-0.2, -0.15) is 5.01 Å². The van der Waals surface area contributed by atoms with Crippen LogP contribution >= 0.6 is 23.2 Å². The van der Waals surface area contributed by atoms with Crippen LogP contribution in [-0.4, -0.2) is 44.1 Å².